The molecule has 0 atom stereocenters. The van der Waals surface area contributed by atoms with E-state index in [1.807, 2.05) is 37.4 Å². The van der Waals surface area contributed by atoms with E-state index in [1.54, 1.807) is 16.3 Å². The fourth-order valence-electron chi connectivity index (χ4n) is 1.38. The fourth-order valence-corrected chi connectivity index (χ4v) is 2.21. The molecular weight excluding hydrogens is 248 g/mol. The van der Waals surface area contributed by atoms with Crippen LogP contribution in [0.25, 0.3) is 0 Å². The molecule has 0 aliphatic heterocycles. The molecule has 0 spiro atoms. The van der Waals surface area contributed by atoms with Crippen molar-refractivity contribution in [2.45, 2.75) is 11.6 Å². The zero-order valence-electron chi connectivity index (χ0n) is 10.2. The highest BCUT2D eigenvalue weighted by Crippen LogP contribution is 2.17. The molecule has 0 bridgehead atoms. The van der Waals surface area contributed by atoms with Crippen molar-refractivity contribution in [3.63, 3.8) is 0 Å². The summed E-state index contributed by atoms with van der Waals surface area (Å²) in [7, 11) is 1.86. The zero-order chi connectivity index (χ0) is 12.8. The number of hydrogen-bond acceptors (Lipinski definition) is 5. The van der Waals surface area contributed by atoms with Gasteiger partial charge in [-0.3, -0.25) is 4.57 Å². The minimum Gasteiger partial charge on any atom is -0.494 e. The normalized spacial score (nSPS) is 10.5. The largest absolute Gasteiger partial charge is 0.494 e. The number of benzene rings is 1. The highest BCUT2D eigenvalue weighted by atomic mass is 32.2. The molecule has 0 aliphatic rings. The minimum absolute atomic E-state index is 0.443. The van der Waals surface area contributed by atoms with Gasteiger partial charge in [0.25, 0.3) is 0 Å². The van der Waals surface area contributed by atoms with Crippen LogP contribution in [0.4, 0.5) is 5.95 Å². The Morgan fingerprint density at radius 1 is 1.28 bits per heavy atom. The van der Waals surface area contributed by atoms with Gasteiger partial charge in [0.2, 0.25) is 5.95 Å². The van der Waals surface area contributed by atoms with Crippen LogP contribution in [-0.2, 0) is 7.05 Å². The van der Waals surface area contributed by atoms with Gasteiger partial charge in [-0.2, -0.15) is 0 Å². The molecule has 0 amide bonds. The van der Waals surface area contributed by atoms with Crippen LogP contribution in [0.5, 0.6) is 5.75 Å². The predicted octanol–water partition coefficient (Wildman–Crippen LogP) is 1.96. The Hall–Kier alpha value is -1.69. The van der Waals surface area contributed by atoms with Crippen LogP contribution >= 0.6 is 11.8 Å². The molecule has 96 valence electrons. The predicted molar refractivity (Wildman–Crippen MR) is 72.7 cm³/mol. The van der Waals surface area contributed by atoms with E-state index in [0.29, 0.717) is 12.6 Å². The molecule has 6 heteroatoms. The molecule has 1 aromatic heterocycles. The maximum Gasteiger partial charge on any atom is 0.222 e. The molecular formula is C12H16N4OS. The first-order chi connectivity index (χ1) is 8.77. The molecule has 1 aromatic carbocycles. The highest BCUT2D eigenvalue weighted by molar-refractivity contribution is 7.99. The van der Waals surface area contributed by atoms with Crippen molar-refractivity contribution in [2.24, 2.45) is 7.05 Å². The van der Waals surface area contributed by atoms with Crippen molar-refractivity contribution in [2.75, 3.05) is 18.1 Å². The first-order valence-corrected chi connectivity index (χ1v) is 6.71. The van der Waals surface area contributed by atoms with Crippen LogP contribution in [-0.4, -0.2) is 27.1 Å². The lowest BCUT2D eigenvalue weighted by molar-refractivity contribution is 0.318. The molecule has 18 heavy (non-hydrogen) atoms. The van der Waals surface area contributed by atoms with Crippen molar-refractivity contribution >= 4 is 17.7 Å². The average molecular weight is 264 g/mol. The maximum atomic E-state index is 5.60. The van der Waals surface area contributed by atoms with Crippen molar-refractivity contribution in [3.05, 3.63) is 30.3 Å². The summed E-state index contributed by atoms with van der Waals surface area (Å²) in [5, 5.41) is 8.62. The number of para-hydroxylation sites is 1. The van der Waals surface area contributed by atoms with Gasteiger partial charge >= 0.3 is 0 Å². The quantitative estimate of drug-likeness (QED) is 0.638. The van der Waals surface area contributed by atoms with Crippen molar-refractivity contribution in [1.29, 1.82) is 0 Å². The number of nitrogens with zero attached hydrogens (tertiary/aromatic N) is 3. The molecule has 1 heterocycles. The molecule has 0 saturated heterocycles. The summed E-state index contributed by atoms with van der Waals surface area (Å²) in [6, 6.07) is 9.81. The Balaban J connectivity index is 1.66. The number of nitrogen functional groups attached to an aromatic ring is 1. The van der Waals surface area contributed by atoms with Crippen LogP contribution in [0.2, 0.25) is 0 Å². The van der Waals surface area contributed by atoms with Crippen molar-refractivity contribution in [1.82, 2.24) is 14.8 Å². The number of nitrogens with two attached hydrogens (primary N) is 1. The molecule has 0 saturated carbocycles. The number of anilines is 1. The maximum absolute atomic E-state index is 5.60. The van der Waals surface area contributed by atoms with Gasteiger partial charge in [0.05, 0.1) is 6.61 Å². The molecule has 0 unspecified atom stereocenters. The minimum atomic E-state index is 0.443. The van der Waals surface area contributed by atoms with E-state index in [2.05, 4.69) is 10.2 Å². The molecule has 2 rings (SSSR count). The van der Waals surface area contributed by atoms with E-state index < -0.39 is 0 Å². The Morgan fingerprint density at radius 2 is 2.06 bits per heavy atom. The van der Waals surface area contributed by atoms with E-state index in [-0.39, 0.29) is 0 Å². The highest BCUT2D eigenvalue weighted by Gasteiger charge is 2.05. The first kappa shape index (κ1) is 12.8. The Bertz CT molecular complexity index is 486. The van der Waals surface area contributed by atoms with E-state index in [9.17, 15) is 0 Å². The van der Waals surface area contributed by atoms with E-state index in [4.69, 9.17) is 10.5 Å². The van der Waals surface area contributed by atoms with Gasteiger partial charge in [0.1, 0.15) is 5.75 Å². The monoisotopic (exact) mass is 264 g/mol. The third kappa shape index (κ3) is 3.40. The third-order valence-corrected chi connectivity index (χ3v) is 3.51. The smallest absolute Gasteiger partial charge is 0.222 e. The molecule has 2 N–H and O–H groups in total. The average Bonchev–Trinajstić information content (AvgIpc) is 2.71. The summed E-state index contributed by atoms with van der Waals surface area (Å²) in [6.45, 7) is 0.699. The summed E-state index contributed by atoms with van der Waals surface area (Å²) < 4.78 is 7.38. The SMILES string of the molecule is Cn1c(N)nnc1SCCCOc1ccccc1. The second kappa shape index (κ2) is 6.30. The van der Waals surface area contributed by atoms with Gasteiger partial charge in [-0.05, 0) is 18.6 Å². The number of thioether (sulfide) groups is 1. The van der Waals surface area contributed by atoms with Crippen molar-refractivity contribution < 1.29 is 4.74 Å². The van der Waals surface area contributed by atoms with Gasteiger partial charge in [0.15, 0.2) is 5.16 Å². The molecule has 5 nitrogen and oxygen atoms in total. The lowest BCUT2D eigenvalue weighted by Gasteiger charge is -2.05. The number of ether oxygens (including phenoxy) is 1. The fraction of sp³-hybridized carbons (Fsp3) is 0.333. The summed E-state index contributed by atoms with van der Waals surface area (Å²) in [5.74, 6) is 2.28. The van der Waals surface area contributed by atoms with Gasteiger partial charge in [-0.25, -0.2) is 0 Å². The Labute approximate surface area is 110 Å². The van der Waals surface area contributed by atoms with E-state index >= 15 is 0 Å². The van der Waals surface area contributed by atoms with Gasteiger partial charge in [-0.15, -0.1) is 10.2 Å². The van der Waals surface area contributed by atoms with Crippen molar-refractivity contribution in [3.8, 4) is 5.75 Å². The standard InChI is InChI=1S/C12H16N4OS/c1-16-11(13)14-15-12(16)18-9-5-8-17-10-6-3-2-4-7-10/h2-4,6-7H,5,8-9H2,1H3,(H2,13,14). The summed E-state index contributed by atoms with van der Waals surface area (Å²) >= 11 is 1.63. The summed E-state index contributed by atoms with van der Waals surface area (Å²) in [6.07, 6.45) is 0.951. The number of rotatable bonds is 6. The topological polar surface area (TPSA) is 66.0 Å². The molecule has 0 radical (unpaired) electrons. The van der Waals surface area contributed by atoms with Crippen LogP contribution < -0.4 is 10.5 Å². The van der Waals surface area contributed by atoms with Crippen LogP contribution in [0.3, 0.4) is 0 Å². The molecule has 2 aromatic rings. The lowest BCUT2D eigenvalue weighted by Crippen LogP contribution is -2.00. The van der Waals surface area contributed by atoms with Gasteiger partial charge < -0.3 is 10.5 Å². The zero-order valence-corrected chi connectivity index (χ0v) is 11.1. The Kier molecular flexibility index (Phi) is 4.46. The van der Waals surface area contributed by atoms with Crippen LogP contribution in [0, 0.1) is 0 Å². The van der Waals surface area contributed by atoms with Gasteiger partial charge in [-0.1, -0.05) is 30.0 Å². The Morgan fingerprint density at radius 3 is 2.72 bits per heavy atom. The number of hydrogen-bond donors (Lipinski definition) is 1. The second-order valence-electron chi connectivity index (χ2n) is 3.76. The van der Waals surface area contributed by atoms with E-state index in [0.717, 1.165) is 23.1 Å². The third-order valence-electron chi connectivity index (χ3n) is 2.40. The molecule has 0 aliphatic carbocycles. The second-order valence-corrected chi connectivity index (χ2v) is 4.83. The van der Waals surface area contributed by atoms with E-state index in [1.165, 1.54) is 0 Å². The number of aromatic nitrogens is 3. The first-order valence-electron chi connectivity index (χ1n) is 5.73. The molecule has 0 fully saturated rings. The summed E-state index contributed by atoms with van der Waals surface area (Å²) in [5.41, 5.74) is 5.60. The van der Waals surface area contributed by atoms with Crippen LogP contribution in [0.1, 0.15) is 6.42 Å². The van der Waals surface area contributed by atoms with Gasteiger partial charge in [0, 0.05) is 12.8 Å². The summed E-state index contributed by atoms with van der Waals surface area (Å²) in [4.78, 5) is 0. The van der Waals surface area contributed by atoms with Crippen LogP contribution in [0.15, 0.2) is 35.5 Å². The lowest BCUT2D eigenvalue weighted by atomic mass is 10.3.